The lowest BCUT2D eigenvalue weighted by molar-refractivity contribution is 1.16. The minimum absolute atomic E-state index is 0.430. The standard InChI is InChI=1S/C12H12ClN3S/c1-8-3-4-9(7-10(8)17-2)15-12-14-6-5-11(13)16-12/h3-7H,1-2H3,(H,14,15,16). The molecular formula is C12H12ClN3S. The van der Waals surface area contributed by atoms with E-state index in [1.165, 1.54) is 10.5 Å². The highest BCUT2D eigenvalue weighted by Gasteiger charge is 2.01. The molecule has 0 aliphatic heterocycles. The third-order valence-electron chi connectivity index (χ3n) is 2.29. The Labute approximate surface area is 110 Å². The average molecular weight is 266 g/mol. The van der Waals surface area contributed by atoms with E-state index < -0.39 is 0 Å². The third kappa shape index (κ3) is 3.11. The number of aromatic nitrogens is 2. The zero-order valence-electron chi connectivity index (χ0n) is 9.57. The zero-order valence-corrected chi connectivity index (χ0v) is 11.1. The Hall–Kier alpha value is -1.26. The van der Waals surface area contributed by atoms with Gasteiger partial charge in [0.15, 0.2) is 0 Å². The molecule has 1 aromatic carbocycles. The second-order valence-corrected chi connectivity index (χ2v) is 4.75. The van der Waals surface area contributed by atoms with Crippen molar-refractivity contribution in [3.05, 3.63) is 41.2 Å². The van der Waals surface area contributed by atoms with E-state index in [1.54, 1.807) is 24.0 Å². The van der Waals surface area contributed by atoms with E-state index in [2.05, 4.69) is 40.6 Å². The van der Waals surface area contributed by atoms with Crippen LogP contribution >= 0.6 is 23.4 Å². The molecule has 88 valence electrons. The summed E-state index contributed by atoms with van der Waals surface area (Å²) < 4.78 is 0. The molecule has 5 heteroatoms. The quantitative estimate of drug-likeness (QED) is 0.675. The van der Waals surface area contributed by atoms with E-state index in [4.69, 9.17) is 11.6 Å². The number of rotatable bonds is 3. The van der Waals surface area contributed by atoms with Crippen molar-refractivity contribution in [2.75, 3.05) is 11.6 Å². The molecule has 1 heterocycles. The maximum Gasteiger partial charge on any atom is 0.228 e. The van der Waals surface area contributed by atoms with Gasteiger partial charge in [0.05, 0.1) is 0 Å². The second kappa shape index (κ2) is 5.38. The minimum Gasteiger partial charge on any atom is -0.324 e. The Morgan fingerprint density at radius 3 is 2.82 bits per heavy atom. The van der Waals surface area contributed by atoms with Gasteiger partial charge in [0, 0.05) is 16.8 Å². The van der Waals surface area contributed by atoms with Crippen LogP contribution in [0.1, 0.15) is 5.56 Å². The van der Waals surface area contributed by atoms with Crippen LogP contribution in [0.2, 0.25) is 5.15 Å². The molecular weight excluding hydrogens is 254 g/mol. The van der Waals surface area contributed by atoms with Crippen LogP contribution in [0.5, 0.6) is 0 Å². The highest BCUT2D eigenvalue weighted by molar-refractivity contribution is 7.98. The molecule has 1 N–H and O–H groups in total. The molecule has 17 heavy (non-hydrogen) atoms. The number of halogens is 1. The van der Waals surface area contributed by atoms with E-state index in [1.807, 2.05) is 6.07 Å². The van der Waals surface area contributed by atoms with Crippen molar-refractivity contribution in [1.82, 2.24) is 9.97 Å². The van der Waals surface area contributed by atoms with Gasteiger partial charge in [-0.1, -0.05) is 17.7 Å². The van der Waals surface area contributed by atoms with Gasteiger partial charge in [-0.3, -0.25) is 0 Å². The Kier molecular flexibility index (Phi) is 3.86. The van der Waals surface area contributed by atoms with Crippen LogP contribution < -0.4 is 5.32 Å². The largest absolute Gasteiger partial charge is 0.324 e. The lowest BCUT2D eigenvalue weighted by Gasteiger charge is -2.08. The number of aryl methyl sites for hydroxylation is 1. The Balaban J connectivity index is 2.24. The predicted molar refractivity (Wildman–Crippen MR) is 73.3 cm³/mol. The van der Waals surface area contributed by atoms with Crippen molar-refractivity contribution in [2.45, 2.75) is 11.8 Å². The van der Waals surface area contributed by atoms with Crippen LogP contribution in [0.15, 0.2) is 35.4 Å². The monoisotopic (exact) mass is 265 g/mol. The van der Waals surface area contributed by atoms with Gasteiger partial charge in [0.1, 0.15) is 5.15 Å². The van der Waals surface area contributed by atoms with Crippen molar-refractivity contribution >= 4 is 35.0 Å². The molecule has 2 rings (SSSR count). The predicted octanol–water partition coefficient (Wildman–Crippen LogP) is 3.90. The van der Waals surface area contributed by atoms with Crippen LogP contribution in [0.3, 0.4) is 0 Å². The van der Waals surface area contributed by atoms with Crippen molar-refractivity contribution in [1.29, 1.82) is 0 Å². The van der Waals surface area contributed by atoms with Crippen LogP contribution in [-0.4, -0.2) is 16.2 Å². The van der Waals surface area contributed by atoms with Gasteiger partial charge in [0.2, 0.25) is 5.95 Å². The molecule has 0 atom stereocenters. The summed E-state index contributed by atoms with van der Waals surface area (Å²) in [6.07, 6.45) is 3.68. The van der Waals surface area contributed by atoms with Crippen LogP contribution in [0.25, 0.3) is 0 Å². The lowest BCUT2D eigenvalue weighted by Crippen LogP contribution is -1.96. The van der Waals surface area contributed by atoms with Gasteiger partial charge in [-0.05, 0) is 36.9 Å². The van der Waals surface area contributed by atoms with Crippen molar-refractivity contribution in [2.24, 2.45) is 0 Å². The zero-order chi connectivity index (χ0) is 12.3. The van der Waals surface area contributed by atoms with Crippen molar-refractivity contribution in [3.63, 3.8) is 0 Å². The average Bonchev–Trinajstić information content (AvgIpc) is 2.32. The highest BCUT2D eigenvalue weighted by atomic mass is 35.5. The number of thioether (sulfide) groups is 1. The van der Waals surface area contributed by atoms with Crippen molar-refractivity contribution in [3.8, 4) is 0 Å². The van der Waals surface area contributed by atoms with Gasteiger partial charge >= 0.3 is 0 Å². The first-order valence-corrected chi connectivity index (χ1v) is 6.69. The SMILES string of the molecule is CSc1cc(Nc2nccc(Cl)n2)ccc1C. The van der Waals surface area contributed by atoms with Crippen LogP contribution in [0, 0.1) is 6.92 Å². The first kappa shape index (κ1) is 12.2. The van der Waals surface area contributed by atoms with Gasteiger partial charge in [-0.15, -0.1) is 11.8 Å². The number of hydrogen-bond acceptors (Lipinski definition) is 4. The van der Waals surface area contributed by atoms with E-state index in [9.17, 15) is 0 Å². The molecule has 0 amide bonds. The third-order valence-corrected chi connectivity index (χ3v) is 3.38. The van der Waals surface area contributed by atoms with E-state index >= 15 is 0 Å². The van der Waals surface area contributed by atoms with Crippen molar-refractivity contribution < 1.29 is 0 Å². The summed E-state index contributed by atoms with van der Waals surface area (Å²) in [6.45, 7) is 2.09. The smallest absolute Gasteiger partial charge is 0.228 e. The molecule has 1 aromatic heterocycles. The lowest BCUT2D eigenvalue weighted by atomic mass is 10.2. The maximum atomic E-state index is 5.80. The molecule has 0 spiro atoms. The van der Waals surface area contributed by atoms with E-state index in [-0.39, 0.29) is 0 Å². The van der Waals surface area contributed by atoms with Crippen LogP contribution in [-0.2, 0) is 0 Å². The molecule has 0 fully saturated rings. The molecule has 0 saturated heterocycles. The fraction of sp³-hybridized carbons (Fsp3) is 0.167. The number of benzene rings is 1. The first-order chi connectivity index (χ1) is 8.19. The molecule has 0 unspecified atom stereocenters. The molecule has 0 saturated carbocycles. The first-order valence-electron chi connectivity index (χ1n) is 5.09. The maximum absolute atomic E-state index is 5.80. The second-order valence-electron chi connectivity index (χ2n) is 3.51. The summed E-state index contributed by atoms with van der Waals surface area (Å²) in [5, 5.41) is 3.56. The molecule has 0 aliphatic rings. The summed E-state index contributed by atoms with van der Waals surface area (Å²) in [5.41, 5.74) is 2.22. The topological polar surface area (TPSA) is 37.8 Å². The fourth-order valence-electron chi connectivity index (χ4n) is 1.42. The minimum atomic E-state index is 0.430. The van der Waals surface area contributed by atoms with Gasteiger partial charge < -0.3 is 5.32 Å². The summed E-state index contributed by atoms with van der Waals surface area (Å²) in [7, 11) is 0. The van der Waals surface area contributed by atoms with Gasteiger partial charge in [0.25, 0.3) is 0 Å². The number of nitrogens with one attached hydrogen (secondary N) is 1. The summed E-state index contributed by atoms with van der Waals surface area (Å²) >= 11 is 7.52. The molecule has 0 radical (unpaired) electrons. The fourth-order valence-corrected chi connectivity index (χ4v) is 2.19. The number of hydrogen-bond donors (Lipinski definition) is 1. The van der Waals surface area contributed by atoms with E-state index in [0.29, 0.717) is 11.1 Å². The molecule has 2 aromatic rings. The van der Waals surface area contributed by atoms with E-state index in [0.717, 1.165) is 5.69 Å². The Morgan fingerprint density at radius 1 is 1.29 bits per heavy atom. The highest BCUT2D eigenvalue weighted by Crippen LogP contribution is 2.25. The molecule has 0 aliphatic carbocycles. The number of anilines is 2. The Morgan fingerprint density at radius 2 is 2.12 bits per heavy atom. The normalized spacial score (nSPS) is 10.3. The molecule has 0 bridgehead atoms. The summed E-state index contributed by atoms with van der Waals surface area (Å²) in [4.78, 5) is 9.42. The summed E-state index contributed by atoms with van der Waals surface area (Å²) in [5.74, 6) is 0.508. The Bertz CT molecular complexity index is 531. The van der Waals surface area contributed by atoms with Gasteiger partial charge in [-0.2, -0.15) is 0 Å². The summed E-state index contributed by atoms with van der Waals surface area (Å²) in [6, 6.07) is 7.79. The molecule has 3 nitrogen and oxygen atoms in total. The van der Waals surface area contributed by atoms with Crippen LogP contribution in [0.4, 0.5) is 11.6 Å². The number of nitrogens with zero attached hydrogens (tertiary/aromatic N) is 2. The van der Waals surface area contributed by atoms with Gasteiger partial charge in [-0.25, -0.2) is 9.97 Å².